The topological polar surface area (TPSA) is 54.0 Å². The molecule has 2 heterocycles. The van der Waals surface area contributed by atoms with Crippen molar-refractivity contribution < 1.29 is 0 Å². The second-order valence-electron chi connectivity index (χ2n) is 10.7. The van der Waals surface area contributed by atoms with Gasteiger partial charge in [0, 0.05) is 0 Å². The third-order valence-corrected chi connectivity index (χ3v) is 7.57. The summed E-state index contributed by atoms with van der Waals surface area (Å²) >= 11 is 0. The third kappa shape index (κ3) is 7.66. The van der Waals surface area contributed by atoms with Gasteiger partial charge in [0.25, 0.3) is 0 Å². The van der Waals surface area contributed by atoms with Gasteiger partial charge in [-0.05, 0) is 56.2 Å². The van der Waals surface area contributed by atoms with Gasteiger partial charge in [-0.1, -0.05) is 194 Å². The maximum atomic E-state index is 4.82. The SMILES string of the molecule is [Ba+2].c1ccc(-c2nc(-c3ccccc3)c(-c3ccccc3)[n-]2)cc1.c1ccc(-c2nc(-c3ccccc3)c(-c3ccccc3)[n-]2)cc1. The van der Waals surface area contributed by atoms with E-state index in [-0.39, 0.29) is 48.9 Å². The van der Waals surface area contributed by atoms with E-state index in [2.05, 4.69) is 48.5 Å². The average Bonchev–Trinajstić information content (AvgIpc) is 3.81. The Bertz CT molecular complexity index is 1840. The van der Waals surface area contributed by atoms with Crippen LogP contribution in [0.3, 0.4) is 0 Å². The molecule has 0 bridgehead atoms. The van der Waals surface area contributed by atoms with Gasteiger partial charge in [0.15, 0.2) is 0 Å². The Hall–Kier alpha value is -4.69. The van der Waals surface area contributed by atoms with Crippen LogP contribution in [0.15, 0.2) is 182 Å². The molecule has 0 amide bonds. The van der Waals surface area contributed by atoms with Crippen molar-refractivity contribution in [1.29, 1.82) is 0 Å². The maximum Gasteiger partial charge on any atom is 2.00 e. The summed E-state index contributed by atoms with van der Waals surface area (Å²) in [6.45, 7) is 0. The predicted molar refractivity (Wildman–Crippen MR) is 193 cm³/mol. The first-order valence-corrected chi connectivity index (χ1v) is 15.3. The van der Waals surface area contributed by atoms with Crippen molar-refractivity contribution in [2.75, 3.05) is 0 Å². The van der Waals surface area contributed by atoms with Gasteiger partial charge in [-0.25, -0.2) is 0 Å². The molecule has 0 aliphatic rings. The molecule has 47 heavy (non-hydrogen) atoms. The molecule has 8 rings (SSSR count). The second kappa shape index (κ2) is 15.7. The first-order chi connectivity index (χ1) is 22.8. The van der Waals surface area contributed by atoms with Crippen LogP contribution in [-0.2, 0) is 0 Å². The fourth-order valence-corrected chi connectivity index (χ4v) is 5.31. The molecule has 0 aliphatic carbocycles. The second-order valence-corrected chi connectivity index (χ2v) is 10.7. The van der Waals surface area contributed by atoms with Gasteiger partial charge in [-0.2, -0.15) is 0 Å². The maximum absolute atomic E-state index is 4.82. The van der Waals surface area contributed by atoms with Gasteiger partial charge in [-0.15, -0.1) is 0 Å². The summed E-state index contributed by atoms with van der Waals surface area (Å²) in [7, 11) is 0. The van der Waals surface area contributed by atoms with Crippen molar-refractivity contribution in [1.82, 2.24) is 19.9 Å². The van der Waals surface area contributed by atoms with Gasteiger partial charge >= 0.3 is 48.9 Å². The van der Waals surface area contributed by atoms with Crippen LogP contribution in [0, 0.1) is 0 Å². The number of hydrogen-bond donors (Lipinski definition) is 0. The summed E-state index contributed by atoms with van der Waals surface area (Å²) in [6.07, 6.45) is 0. The van der Waals surface area contributed by atoms with Gasteiger partial charge < -0.3 is 19.9 Å². The standard InChI is InChI=1S/2C21H15N2.Ba/c2*1-4-10-16(11-5-1)19-20(17-12-6-2-7-13-17)23-21(22-19)18-14-8-3-9-15-18;/h2*1-15H;/q2*-1;+2. The molecule has 4 nitrogen and oxygen atoms in total. The molecule has 220 valence electrons. The van der Waals surface area contributed by atoms with E-state index in [9.17, 15) is 0 Å². The summed E-state index contributed by atoms with van der Waals surface area (Å²) in [5, 5.41) is 0. The average molecular weight is 728 g/mol. The molecule has 2 aromatic heterocycles. The third-order valence-electron chi connectivity index (χ3n) is 7.57. The van der Waals surface area contributed by atoms with Crippen LogP contribution in [0.4, 0.5) is 0 Å². The van der Waals surface area contributed by atoms with Crippen LogP contribution >= 0.6 is 0 Å². The van der Waals surface area contributed by atoms with E-state index < -0.39 is 0 Å². The summed E-state index contributed by atoms with van der Waals surface area (Å²) in [5.74, 6) is 1.53. The zero-order valence-corrected chi connectivity index (χ0v) is 30.3. The molecule has 0 N–H and O–H groups in total. The van der Waals surface area contributed by atoms with Crippen LogP contribution in [-0.4, -0.2) is 58.8 Å². The minimum atomic E-state index is 0. The van der Waals surface area contributed by atoms with E-state index in [1.54, 1.807) is 0 Å². The Morgan fingerprint density at radius 3 is 0.787 bits per heavy atom. The number of benzene rings is 6. The number of nitrogens with zero attached hydrogens (tertiary/aromatic N) is 4. The monoisotopic (exact) mass is 728 g/mol. The van der Waals surface area contributed by atoms with Crippen LogP contribution in [0.25, 0.3) is 67.8 Å². The molecule has 6 aromatic carbocycles. The number of hydrogen-bond acceptors (Lipinski definition) is 2. The van der Waals surface area contributed by atoms with E-state index >= 15 is 0 Å². The van der Waals surface area contributed by atoms with Crippen molar-refractivity contribution in [3.05, 3.63) is 182 Å². The van der Waals surface area contributed by atoms with Gasteiger partial charge in [0.05, 0.1) is 0 Å². The zero-order chi connectivity index (χ0) is 31.0. The largest absolute Gasteiger partial charge is 2.00 e. The Balaban J connectivity index is 0.000000161. The molecular weight excluding hydrogens is 698 g/mol. The minimum absolute atomic E-state index is 0. The molecule has 0 saturated carbocycles. The van der Waals surface area contributed by atoms with Crippen LogP contribution < -0.4 is 9.97 Å². The first kappa shape index (κ1) is 32.3. The van der Waals surface area contributed by atoms with Gasteiger partial charge in [0.1, 0.15) is 0 Å². The van der Waals surface area contributed by atoms with Crippen molar-refractivity contribution in [3.8, 4) is 67.8 Å². The molecule has 0 saturated heterocycles. The van der Waals surface area contributed by atoms with Gasteiger partial charge in [-0.3, -0.25) is 0 Å². The van der Waals surface area contributed by atoms with Gasteiger partial charge in [0.2, 0.25) is 0 Å². The van der Waals surface area contributed by atoms with Crippen molar-refractivity contribution in [2.24, 2.45) is 0 Å². The molecule has 0 unspecified atom stereocenters. The van der Waals surface area contributed by atoms with Crippen molar-refractivity contribution in [3.63, 3.8) is 0 Å². The van der Waals surface area contributed by atoms with Crippen LogP contribution in [0.1, 0.15) is 0 Å². The van der Waals surface area contributed by atoms with E-state index in [0.29, 0.717) is 0 Å². The minimum Gasteiger partial charge on any atom is -0.435 e. The summed E-state index contributed by atoms with van der Waals surface area (Å²) < 4.78 is 0. The van der Waals surface area contributed by atoms with E-state index in [1.165, 1.54) is 0 Å². The summed E-state index contributed by atoms with van der Waals surface area (Å²) in [4.78, 5) is 19.3. The van der Waals surface area contributed by atoms with Crippen LogP contribution in [0.5, 0.6) is 0 Å². The molecule has 0 radical (unpaired) electrons. The predicted octanol–water partition coefficient (Wildman–Crippen LogP) is 9.70. The van der Waals surface area contributed by atoms with E-state index in [4.69, 9.17) is 19.9 Å². The van der Waals surface area contributed by atoms with E-state index in [1.807, 2.05) is 133 Å². The normalized spacial score (nSPS) is 10.4. The Morgan fingerprint density at radius 1 is 0.277 bits per heavy atom. The molecule has 0 fully saturated rings. The zero-order valence-electron chi connectivity index (χ0n) is 25.8. The molecule has 5 heteroatoms. The summed E-state index contributed by atoms with van der Waals surface area (Å²) in [5.41, 5.74) is 10.1. The molecule has 8 aromatic rings. The molecule has 0 spiro atoms. The van der Waals surface area contributed by atoms with E-state index in [0.717, 1.165) is 67.8 Å². The first-order valence-electron chi connectivity index (χ1n) is 15.3. The smallest absolute Gasteiger partial charge is 0.435 e. The number of imidazole rings is 2. The van der Waals surface area contributed by atoms with Crippen molar-refractivity contribution in [2.45, 2.75) is 0 Å². The molecule has 0 aliphatic heterocycles. The fraction of sp³-hybridized carbons (Fsp3) is 0. The number of rotatable bonds is 6. The summed E-state index contributed by atoms with van der Waals surface area (Å²) in [6, 6.07) is 61.1. The number of aromatic nitrogens is 4. The Labute approximate surface area is 315 Å². The Morgan fingerprint density at radius 2 is 0.511 bits per heavy atom. The van der Waals surface area contributed by atoms with Crippen LogP contribution in [0.2, 0.25) is 0 Å². The quantitative estimate of drug-likeness (QED) is 0.160. The molecular formula is C42H30BaN4. The molecule has 0 atom stereocenters. The van der Waals surface area contributed by atoms with Crippen molar-refractivity contribution >= 4 is 48.9 Å². The Kier molecular flexibility index (Phi) is 10.8. The fourth-order valence-electron chi connectivity index (χ4n) is 5.31.